The van der Waals surface area contributed by atoms with E-state index in [1.165, 1.54) is 11.4 Å². The summed E-state index contributed by atoms with van der Waals surface area (Å²) in [7, 11) is 0. The van der Waals surface area contributed by atoms with E-state index >= 15 is 0 Å². The SMILES string of the molecule is CCOP(=S)(OCC)Oc1ccc(-c2nnc(SP(=S)(OCC)OCC)n2/N=C(\C)c2ccccc2)cc1. The number of nitrogens with zero attached hydrogens (tertiary/aromatic N) is 4. The predicted octanol–water partition coefficient (Wildman–Crippen LogP) is 7.28. The van der Waals surface area contributed by atoms with Crippen molar-refractivity contribution in [2.24, 2.45) is 5.10 Å². The van der Waals surface area contributed by atoms with Crippen LogP contribution in [0.3, 0.4) is 0 Å². The quantitative estimate of drug-likeness (QED) is 0.128. The van der Waals surface area contributed by atoms with Crippen molar-refractivity contribution in [3.05, 3.63) is 60.2 Å². The van der Waals surface area contributed by atoms with Crippen LogP contribution in [0.4, 0.5) is 0 Å². The predicted molar refractivity (Wildman–Crippen MR) is 161 cm³/mol. The Morgan fingerprint density at radius 3 is 1.97 bits per heavy atom. The summed E-state index contributed by atoms with van der Waals surface area (Å²) in [5.41, 5.74) is -0.186. The van der Waals surface area contributed by atoms with E-state index in [1.54, 1.807) is 16.8 Å². The average molecular weight is 615 g/mol. The van der Waals surface area contributed by atoms with E-state index in [0.29, 0.717) is 43.2 Å². The van der Waals surface area contributed by atoms with Gasteiger partial charge in [-0.25, -0.2) is 0 Å². The third-order valence-corrected chi connectivity index (χ3v) is 12.1. The molecule has 0 bridgehead atoms. The lowest BCUT2D eigenvalue weighted by Crippen LogP contribution is -2.03. The van der Waals surface area contributed by atoms with Gasteiger partial charge in [0.25, 0.3) is 5.69 Å². The third-order valence-electron chi connectivity index (χ3n) is 4.73. The largest absolute Gasteiger partial charge is 0.424 e. The maximum atomic E-state index is 5.92. The molecular formula is C24H32N4O5P2S3. The van der Waals surface area contributed by atoms with Crippen LogP contribution in [-0.2, 0) is 41.7 Å². The van der Waals surface area contributed by atoms with Crippen LogP contribution >= 0.6 is 23.8 Å². The second-order valence-corrected chi connectivity index (χ2v) is 16.5. The second kappa shape index (κ2) is 14.8. The Morgan fingerprint density at radius 1 is 0.842 bits per heavy atom. The summed E-state index contributed by atoms with van der Waals surface area (Å²) in [6, 6.07) is 17.2. The smallest absolute Gasteiger partial charge is 0.380 e. The maximum Gasteiger partial charge on any atom is 0.380 e. The Kier molecular flexibility index (Phi) is 12.1. The van der Waals surface area contributed by atoms with Crippen LogP contribution in [0.15, 0.2) is 64.9 Å². The molecule has 0 amide bonds. The Balaban J connectivity index is 2.01. The summed E-state index contributed by atoms with van der Waals surface area (Å²) >= 11 is 12.5. The summed E-state index contributed by atoms with van der Waals surface area (Å²) in [6.07, 6.45) is 0. The minimum atomic E-state index is -2.88. The molecular weight excluding hydrogens is 582 g/mol. The molecule has 0 N–H and O–H groups in total. The third kappa shape index (κ3) is 8.52. The fraction of sp³-hybridized carbons (Fsp3) is 0.375. The number of rotatable bonds is 15. The van der Waals surface area contributed by atoms with Crippen LogP contribution in [0.25, 0.3) is 11.4 Å². The van der Waals surface area contributed by atoms with Gasteiger partial charge in [0.2, 0.25) is 5.16 Å². The van der Waals surface area contributed by atoms with Crippen LogP contribution in [0.1, 0.15) is 40.2 Å². The fourth-order valence-electron chi connectivity index (χ4n) is 3.19. The molecule has 0 aliphatic rings. The summed E-state index contributed by atoms with van der Waals surface area (Å²) in [5, 5.41) is 14.2. The van der Waals surface area contributed by atoms with Crippen molar-refractivity contribution in [2.75, 3.05) is 26.4 Å². The van der Waals surface area contributed by atoms with E-state index in [4.69, 9.17) is 51.3 Å². The van der Waals surface area contributed by atoms with E-state index in [9.17, 15) is 0 Å². The zero-order valence-corrected chi connectivity index (χ0v) is 26.2. The van der Waals surface area contributed by atoms with Gasteiger partial charge in [-0.05, 0) is 76.3 Å². The lowest BCUT2D eigenvalue weighted by Gasteiger charge is -2.21. The Bertz CT molecular complexity index is 1290. The van der Waals surface area contributed by atoms with Gasteiger partial charge in [-0.1, -0.05) is 30.3 Å². The number of aromatic nitrogens is 3. The van der Waals surface area contributed by atoms with Crippen molar-refractivity contribution in [3.8, 4) is 17.1 Å². The molecule has 0 radical (unpaired) electrons. The van der Waals surface area contributed by atoms with Gasteiger partial charge in [-0.3, -0.25) is 9.05 Å². The average Bonchev–Trinajstić information content (AvgIpc) is 3.26. The summed E-state index contributed by atoms with van der Waals surface area (Å²) in [6.45, 7) is 8.16. The summed E-state index contributed by atoms with van der Waals surface area (Å²) < 4.78 is 30.4. The highest BCUT2D eigenvalue weighted by molar-refractivity contribution is 8.67. The molecule has 2 aromatic carbocycles. The van der Waals surface area contributed by atoms with Crippen molar-refractivity contribution < 1.29 is 22.6 Å². The van der Waals surface area contributed by atoms with Crippen molar-refractivity contribution in [3.63, 3.8) is 0 Å². The molecule has 0 aliphatic heterocycles. The van der Waals surface area contributed by atoms with Gasteiger partial charge in [-0.2, -0.15) is 9.78 Å². The van der Waals surface area contributed by atoms with Gasteiger partial charge < -0.3 is 13.6 Å². The van der Waals surface area contributed by atoms with Crippen LogP contribution in [-0.4, -0.2) is 47.0 Å². The normalized spacial score (nSPS) is 12.6. The molecule has 0 fully saturated rings. The monoisotopic (exact) mass is 614 g/mol. The standard InChI is InChI=1S/C24H32N4O5P2S3/c1-6-29-34(36,30-7-2)33-22-17-15-21(16-18-22)23-25-26-24(38-35(37,31-8-3)32-9-4)28(23)27-19(5)20-13-11-10-12-14-20/h10-18H,6-9H2,1-5H3/b27-19+. The Hall–Kier alpha value is -1.46. The molecule has 1 heterocycles. The van der Waals surface area contributed by atoms with Crippen LogP contribution in [0, 0.1) is 0 Å². The van der Waals surface area contributed by atoms with Gasteiger partial charge in [0, 0.05) is 28.8 Å². The van der Waals surface area contributed by atoms with Gasteiger partial charge in [-0.15, -0.1) is 10.2 Å². The molecule has 206 valence electrons. The zero-order valence-electron chi connectivity index (χ0n) is 22.0. The number of hydrogen-bond acceptors (Lipinski definition) is 11. The molecule has 0 unspecified atom stereocenters. The van der Waals surface area contributed by atoms with Crippen LogP contribution < -0.4 is 4.52 Å². The first kappa shape index (κ1) is 31.1. The Labute approximate surface area is 238 Å². The number of benzene rings is 2. The van der Waals surface area contributed by atoms with Gasteiger partial charge in [0.05, 0.1) is 32.1 Å². The zero-order chi connectivity index (χ0) is 27.6. The minimum absolute atomic E-state index is 0.397. The van der Waals surface area contributed by atoms with Crippen LogP contribution in [0.5, 0.6) is 5.75 Å². The molecule has 3 rings (SSSR count). The highest BCUT2D eigenvalue weighted by atomic mass is 32.9. The fourth-order valence-corrected chi connectivity index (χ4v) is 9.69. The lowest BCUT2D eigenvalue weighted by molar-refractivity contribution is 0.218. The van der Waals surface area contributed by atoms with Gasteiger partial charge >= 0.3 is 6.72 Å². The van der Waals surface area contributed by atoms with E-state index in [-0.39, 0.29) is 0 Å². The number of hydrogen-bond donors (Lipinski definition) is 0. The van der Waals surface area contributed by atoms with Crippen LogP contribution in [0.2, 0.25) is 0 Å². The molecule has 38 heavy (non-hydrogen) atoms. The lowest BCUT2D eigenvalue weighted by atomic mass is 10.1. The molecule has 14 heteroatoms. The first-order valence-corrected chi connectivity index (χ1v) is 18.7. The molecule has 3 aromatic rings. The summed E-state index contributed by atoms with van der Waals surface area (Å²) in [4.78, 5) is 0. The second-order valence-electron chi connectivity index (χ2n) is 7.44. The highest BCUT2D eigenvalue weighted by Gasteiger charge is 2.26. The van der Waals surface area contributed by atoms with Crippen molar-refractivity contribution in [1.29, 1.82) is 0 Å². The van der Waals surface area contributed by atoms with Gasteiger partial charge in [0.1, 0.15) is 5.75 Å². The molecule has 0 saturated heterocycles. The van der Waals surface area contributed by atoms with E-state index in [0.717, 1.165) is 16.8 Å². The first-order valence-electron chi connectivity index (χ1n) is 12.1. The Morgan fingerprint density at radius 2 is 1.42 bits per heavy atom. The van der Waals surface area contributed by atoms with Crippen molar-refractivity contribution in [2.45, 2.75) is 39.8 Å². The van der Waals surface area contributed by atoms with E-state index < -0.39 is 12.4 Å². The maximum absolute atomic E-state index is 5.92. The van der Waals surface area contributed by atoms with Gasteiger partial charge in [0.15, 0.2) is 5.82 Å². The minimum Gasteiger partial charge on any atom is -0.424 e. The summed E-state index contributed by atoms with van der Waals surface area (Å²) in [5.74, 6) is 1.06. The molecule has 0 atom stereocenters. The van der Waals surface area contributed by atoms with Crippen molar-refractivity contribution >= 4 is 53.1 Å². The van der Waals surface area contributed by atoms with Crippen molar-refractivity contribution in [1.82, 2.24) is 14.9 Å². The molecule has 9 nitrogen and oxygen atoms in total. The van der Waals surface area contributed by atoms with E-state index in [2.05, 4.69) is 10.2 Å². The molecule has 0 spiro atoms. The molecule has 0 aliphatic carbocycles. The highest BCUT2D eigenvalue weighted by Crippen LogP contribution is 2.63. The molecule has 1 aromatic heterocycles. The topological polar surface area (TPSA) is 89.2 Å². The first-order chi connectivity index (χ1) is 18.3. The van der Waals surface area contributed by atoms with E-state index in [1.807, 2.05) is 77.1 Å². The molecule has 0 saturated carbocycles.